The smallest absolute Gasteiger partial charge is 0.223 e. The standard InChI is InChI=1S/C17H21N3O2/c1-13-17(22)16(21)7-8-20(13)15-5-3-14(4-6-15)19-11-9-18(2)10-12-19/h3-8,22H,9-12H2,1-2H3. The molecule has 0 amide bonds. The van der Waals surface area contributed by atoms with E-state index in [1.54, 1.807) is 13.1 Å². The number of hydrogen-bond donors (Lipinski definition) is 1. The Morgan fingerprint density at radius 2 is 1.55 bits per heavy atom. The van der Waals surface area contributed by atoms with Crippen LogP contribution in [0.5, 0.6) is 5.75 Å². The molecule has 3 rings (SSSR count). The van der Waals surface area contributed by atoms with Gasteiger partial charge in [-0.15, -0.1) is 0 Å². The zero-order valence-electron chi connectivity index (χ0n) is 13.0. The largest absolute Gasteiger partial charge is 0.503 e. The molecule has 1 fully saturated rings. The van der Waals surface area contributed by atoms with Gasteiger partial charge < -0.3 is 19.5 Å². The highest BCUT2D eigenvalue weighted by Gasteiger charge is 2.14. The molecule has 5 nitrogen and oxygen atoms in total. The Balaban J connectivity index is 1.86. The van der Waals surface area contributed by atoms with Crippen molar-refractivity contribution in [1.82, 2.24) is 9.47 Å². The van der Waals surface area contributed by atoms with E-state index < -0.39 is 0 Å². The molecule has 1 aromatic carbocycles. The van der Waals surface area contributed by atoms with Crippen LogP contribution in [0.25, 0.3) is 5.69 Å². The van der Waals surface area contributed by atoms with Crippen molar-refractivity contribution in [2.24, 2.45) is 0 Å². The van der Waals surface area contributed by atoms with Crippen LogP contribution in [-0.2, 0) is 0 Å². The first-order valence-electron chi connectivity index (χ1n) is 7.51. The molecule has 0 saturated carbocycles. The Labute approximate surface area is 130 Å². The average Bonchev–Trinajstić information content (AvgIpc) is 2.54. The minimum Gasteiger partial charge on any atom is -0.503 e. The first kappa shape index (κ1) is 14.7. The molecule has 2 heterocycles. The average molecular weight is 299 g/mol. The van der Waals surface area contributed by atoms with E-state index in [1.807, 2.05) is 16.7 Å². The van der Waals surface area contributed by atoms with Gasteiger partial charge in [0, 0.05) is 49.8 Å². The SMILES string of the molecule is Cc1c(O)c(=O)ccn1-c1ccc(N2CCN(C)CC2)cc1. The number of rotatable bonds is 2. The van der Waals surface area contributed by atoms with Crippen molar-refractivity contribution in [3.8, 4) is 11.4 Å². The molecule has 5 heteroatoms. The number of aromatic hydroxyl groups is 1. The van der Waals surface area contributed by atoms with Gasteiger partial charge in [0.05, 0.1) is 5.69 Å². The molecule has 1 saturated heterocycles. The van der Waals surface area contributed by atoms with Crippen LogP contribution >= 0.6 is 0 Å². The highest BCUT2D eigenvalue weighted by Crippen LogP contribution is 2.21. The summed E-state index contributed by atoms with van der Waals surface area (Å²) in [5.41, 5.74) is 2.35. The lowest BCUT2D eigenvalue weighted by atomic mass is 10.2. The fraction of sp³-hybridized carbons (Fsp3) is 0.353. The summed E-state index contributed by atoms with van der Waals surface area (Å²) in [7, 11) is 2.14. The van der Waals surface area contributed by atoms with Gasteiger partial charge in [0.25, 0.3) is 0 Å². The predicted molar refractivity (Wildman–Crippen MR) is 88.2 cm³/mol. The molecule has 0 radical (unpaired) electrons. The molecule has 0 bridgehead atoms. The van der Waals surface area contributed by atoms with Gasteiger partial charge in [-0.3, -0.25) is 4.79 Å². The highest BCUT2D eigenvalue weighted by molar-refractivity contribution is 5.52. The maximum atomic E-state index is 11.4. The van der Waals surface area contributed by atoms with E-state index in [4.69, 9.17) is 0 Å². The molecule has 1 aliphatic heterocycles. The zero-order chi connectivity index (χ0) is 15.7. The number of pyridine rings is 1. The Hall–Kier alpha value is -2.27. The summed E-state index contributed by atoms with van der Waals surface area (Å²) in [5, 5.41) is 9.79. The van der Waals surface area contributed by atoms with Gasteiger partial charge in [0.15, 0.2) is 5.75 Å². The lowest BCUT2D eigenvalue weighted by Gasteiger charge is -2.34. The van der Waals surface area contributed by atoms with Crippen LogP contribution in [-0.4, -0.2) is 47.8 Å². The second-order valence-electron chi connectivity index (χ2n) is 5.79. The van der Waals surface area contributed by atoms with E-state index in [-0.39, 0.29) is 11.2 Å². The number of piperazine rings is 1. The highest BCUT2D eigenvalue weighted by atomic mass is 16.3. The van der Waals surface area contributed by atoms with Gasteiger partial charge in [0.1, 0.15) is 0 Å². The molecular formula is C17H21N3O2. The summed E-state index contributed by atoms with van der Waals surface area (Å²) < 4.78 is 1.82. The van der Waals surface area contributed by atoms with E-state index >= 15 is 0 Å². The van der Waals surface area contributed by atoms with Crippen molar-refractivity contribution in [3.05, 3.63) is 52.4 Å². The molecule has 0 aliphatic carbocycles. The number of benzene rings is 1. The second kappa shape index (κ2) is 5.85. The fourth-order valence-corrected chi connectivity index (χ4v) is 2.79. The van der Waals surface area contributed by atoms with Crippen molar-refractivity contribution in [1.29, 1.82) is 0 Å². The number of anilines is 1. The third-order valence-corrected chi connectivity index (χ3v) is 4.31. The maximum Gasteiger partial charge on any atom is 0.223 e. The van der Waals surface area contributed by atoms with Crippen molar-refractivity contribution in [2.45, 2.75) is 6.92 Å². The zero-order valence-corrected chi connectivity index (χ0v) is 13.0. The van der Waals surface area contributed by atoms with Crippen LogP contribution in [0.15, 0.2) is 41.3 Å². The first-order chi connectivity index (χ1) is 10.6. The molecule has 0 unspecified atom stereocenters. The Kier molecular flexibility index (Phi) is 3.90. The predicted octanol–water partition coefficient (Wildman–Crippen LogP) is 1.60. The van der Waals surface area contributed by atoms with Crippen LogP contribution in [0.1, 0.15) is 5.69 Å². The van der Waals surface area contributed by atoms with Gasteiger partial charge in [0.2, 0.25) is 5.43 Å². The Bertz CT molecular complexity index is 714. The number of aromatic nitrogens is 1. The van der Waals surface area contributed by atoms with Gasteiger partial charge in [-0.2, -0.15) is 0 Å². The van der Waals surface area contributed by atoms with Gasteiger partial charge >= 0.3 is 0 Å². The van der Waals surface area contributed by atoms with Crippen molar-refractivity contribution in [2.75, 3.05) is 38.1 Å². The van der Waals surface area contributed by atoms with E-state index in [0.29, 0.717) is 5.69 Å². The molecular weight excluding hydrogens is 278 g/mol. The van der Waals surface area contributed by atoms with Crippen LogP contribution in [0, 0.1) is 6.92 Å². The first-order valence-corrected chi connectivity index (χ1v) is 7.51. The minimum atomic E-state index is -0.345. The molecule has 1 aliphatic rings. The van der Waals surface area contributed by atoms with E-state index in [1.165, 1.54) is 11.8 Å². The Morgan fingerprint density at radius 1 is 0.955 bits per heavy atom. The monoisotopic (exact) mass is 299 g/mol. The molecule has 2 aromatic rings. The molecule has 22 heavy (non-hydrogen) atoms. The van der Waals surface area contributed by atoms with Crippen LogP contribution < -0.4 is 10.3 Å². The number of nitrogens with zero attached hydrogens (tertiary/aromatic N) is 3. The summed E-state index contributed by atoms with van der Waals surface area (Å²) in [6, 6.07) is 9.61. The topological polar surface area (TPSA) is 48.7 Å². The lowest BCUT2D eigenvalue weighted by Crippen LogP contribution is -2.44. The second-order valence-corrected chi connectivity index (χ2v) is 5.79. The third-order valence-electron chi connectivity index (χ3n) is 4.31. The van der Waals surface area contributed by atoms with Gasteiger partial charge in [-0.25, -0.2) is 0 Å². The van der Waals surface area contributed by atoms with Crippen molar-refractivity contribution in [3.63, 3.8) is 0 Å². The van der Waals surface area contributed by atoms with Gasteiger partial charge in [-0.05, 0) is 38.2 Å². The summed E-state index contributed by atoms with van der Waals surface area (Å²) in [5.74, 6) is -0.189. The van der Waals surface area contributed by atoms with E-state index in [9.17, 15) is 9.90 Å². The molecule has 116 valence electrons. The van der Waals surface area contributed by atoms with Crippen molar-refractivity contribution < 1.29 is 5.11 Å². The number of hydrogen-bond acceptors (Lipinski definition) is 4. The quantitative estimate of drug-likeness (QED) is 0.915. The van der Waals surface area contributed by atoms with Crippen molar-refractivity contribution >= 4 is 5.69 Å². The summed E-state index contributed by atoms with van der Waals surface area (Å²) in [6.45, 7) is 5.97. The Morgan fingerprint density at radius 3 is 2.18 bits per heavy atom. The summed E-state index contributed by atoms with van der Waals surface area (Å²) >= 11 is 0. The minimum absolute atomic E-state index is 0.189. The van der Waals surface area contributed by atoms with Crippen LogP contribution in [0.3, 0.4) is 0 Å². The molecule has 1 aromatic heterocycles. The van der Waals surface area contributed by atoms with Crippen LogP contribution in [0.4, 0.5) is 5.69 Å². The van der Waals surface area contributed by atoms with E-state index in [0.717, 1.165) is 31.9 Å². The number of likely N-dealkylation sites (N-methyl/N-ethyl adjacent to an activating group) is 1. The van der Waals surface area contributed by atoms with Crippen LogP contribution in [0.2, 0.25) is 0 Å². The maximum absolute atomic E-state index is 11.4. The third kappa shape index (κ3) is 2.72. The molecule has 1 N–H and O–H groups in total. The summed E-state index contributed by atoms with van der Waals surface area (Å²) in [4.78, 5) is 16.1. The van der Waals surface area contributed by atoms with Gasteiger partial charge in [-0.1, -0.05) is 0 Å². The lowest BCUT2D eigenvalue weighted by molar-refractivity contribution is 0.313. The summed E-state index contributed by atoms with van der Waals surface area (Å²) in [6.07, 6.45) is 1.70. The fourth-order valence-electron chi connectivity index (χ4n) is 2.79. The molecule has 0 atom stereocenters. The molecule has 0 spiro atoms. The normalized spacial score (nSPS) is 16.0. The van der Waals surface area contributed by atoms with E-state index in [2.05, 4.69) is 29.0 Å².